The number of nitrogens with zero attached hydrogens (tertiary/aromatic N) is 1. The average Bonchev–Trinajstić information content (AvgIpc) is 2.91. The molecule has 0 aliphatic heterocycles. The third-order valence-corrected chi connectivity index (χ3v) is 4.95. The molecule has 1 N–H and O–H groups in total. The summed E-state index contributed by atoms with van der Waals surface area (Å²) >= 11 is 7.63. The first-order valence-electron chi connectivity index (χ1n) is 6.70. The Bertz CT molecular complexity index is 943. The molecule has 1 heterocycles. The predicted molar refractivity (Wildman–Crippen MR) is 92.5 cm³/mol. The molecule has 0 spiro atoms. The highest BCUT2D eigenvalue weighted by Gasteiger charge is 2.17. The van der Waals surface area contributed by atoms with E-state index in [9.17, 15) is 4.79 Å². The third kappa shape index (κ3) is 3.00. The molecule has 3 rings (SSSR count). The lowest BCUT2D eigenvalue weighted by Crippen LogP contribution is -2.10. The van der Waals surface area contributed by atoms with Gasteiger partial charge in [0.25, 0.3) is 5.91 Å². The van der Waals surface area contributed by atoms with Gasteiger partial charge in [-0.2, -0.15) is 5.26 Å². The summed E-state index contributed by atoms with van der Waals surface area (Å²) in [7, 11) is 1.59. The van der Waals surface area contributed by atoms with Crippen molar-refractivity contribution < 1.29 is 9.53 Å². The van der Waals surface area contributed by atoms with Crippen LogP contribution in [0.1, 0.15) is 15.2 Å². The summed E-state index contributed by atoms with van der Waals surface area (Å²) in [5.74, 6) is 0.411. The SMILES string of the molecule is COc1ccc2c(Cl)c(C(=O)Nc3cccc(C#N)c3)sc2c1. The molecule has 3 aromatic rings. The maximum atomic E-state index is 12.5. The van der Waals surface area contributed by atoms with Crippen molar-refractivity contribution >= 4 is 44.6 Å². The number of carbonyl (C=O) groups is 1. The van der Waals surface area contributed by atoms with Gasteiger partial charge in [0, 0.05) is 15.8 Å². The number of methoxy groups -OCH3 is 1. The van der Waals surface area contributed by atoms with Crippen LogP contribution in [0.25, 0.3) is 10.1 Å². The van der Waals surface area contributed by atoms with Crippen LogP contribution in [-0.4, -0.2) is 13.0 Å². The fourth-order valence-corrected chi connectivity index (χ4v) is 3.61. The highest BCUT2D eigenvalue weighted by Crippen LogP contribution is 2.37. The molecule has 6 heteroatoms. The average molecular weight is 343 g/mol. The van der Waals surface area contributed by atoms with Gasteiger partial charge in [-0.15, -0.1) is 11.3 Å². The van der Waals surface area contributed by atoms with Gasteiger partial charge in [-0.05, 0) is 36.4 Å². The molecule has 0 fully saturated rings. The van der Waals surface area contributed by atoms with Crippen molar-refractivity contribution in [2.45, 2.75) is 0 Å². The smallest absolute Gasteiger partial charge is 0.267 e. The van der Waals surface area contributed by atoms with E-state index >= 15 is 0 Å². The lowest BCUT2D eigenvalue weighted by molar-refractivity contribution is 0.103. The normalized spacial score (nSPS) is 10.3. The summed E-state index contributed by atoms with van der Waals surface area (Å²) in [5, 5.41) is 12.9. The molecular formula is C17H11ClN2O2S. The fraction of sp³-hybridized carbons (Fsp3) is 0.0588. The Labute approximate surface area is 141 Å². The van der Waals surface area contributed by atoms with Crippen molar-refractivity contribution in [3.05, 3.63) is 57.9 Å². The highest BCUT2D eigenvalue weighted by atomic mass is 35.5. The van der Waals surface area contributed by atoms with Crippen LogP contribution in [0.4, 0.5) is 5.69 Å². The zero-order valence-electron chi connectivity index (χ0n) is 12.1. The van der Waals surface area contributed by atoms with Gasteiger partial charge in [-0.1, -0.05) is 17.7 Å². The summed E-state index contributed by atoms with van der Waals surface area (Å²) in [5.41, 5.74) is 1.04. The number of nitriles is 1. The van der Waals surface area contributed by atoms with E-state index in [1.54, 1.807) is 37.4 Å². The van der Waals surface area contributed by atoms with Crippen LogP contribution >= 0.6 is 22.9 Å². The Morgan fingerprint density at radius 1 is 1.30 bits per heavy atom. The number of amides is 1. The van der Waals surface area contributed by atoms with Gasteiger partial charge in [-0.25, -0.2) is 0 Å². The topological polar surface area (TPSA) is 62.1 Å². The van der Waals surface area contributed by atoms with Crippen LogP contribution in [-0.2, 0) is 0 Å². The number of benzene rings is 2. The van der Waals surface area contributed by atoms with Crippen molar-refractivity contribution in [1.82, 2.24) is 0 Å². The van der Waals surface area contributed by atoms with Crippen LogP contribution < -0.4 is 10.1 Å². The van der Waals surface area contributed by atoms with Gasteiger partial charge < -0.3 is 10.1 Å². The van der Waals surface area contributed by atoms with E-state index in [0.29, 0.717) is 26.9 Å². The number of ether oxygens (including phenoxy) is 1. The molecule has 0 radical (unpaired) electrons. The van der Waals surface area contributed by atoms with Gasteiger partial charge in [0.15, 0.2) is 0 Å². The molecule has 0 aliphatic carbocycles. The molecule has 0 aliphatic rings. The second-order valence-electron chi connectivity index (χ2n) is 4.75. The number of nitrogens with one attached hydrogen (secondary N) is 1. The molecule has 0 bridgehead atoms. The summed E-state index contributed by atoms with van der Waals surface area (Å²) < 4.78 is 6.07. The van der Waals surface area contributed by atoms with E-state index in [1.165, 1.54) is 11.3 Å². The number of thiophene rings is 1. The zero-order chi connectivity index (χ0) is 16.4. The molecule has 114 valence electrons. The molecule has 0 unspecified atom stereocenters. The van der Waals surface area contributed by atoms with Crippen LogP contribution in [0.3, 0.4) is 0 Å². The fourth-order valence-electron chi connectivity index (χ4n) is 2.17. The van der Waals surface area contributed by atoms with Gasteiger partial charge >= 0.3 is 0 Å². The molecule has 1 aromatic heterocycles. The molecule has 4 nitrogen and oxygen atoms in total. The number of rotatable bonds is 3. The number of anilines is 1. The Balaban J connectivity index is 1.94. The van der Waals surface area contributed by atoms with Gasteiger partial charge in [0.2, 0.25) is 0 Å². The predicted octanol–water partition coefficient (Wildman–Crippen LogP) is 4.69. The molecule has 0 atom stereocenters. The third-order valence-electron chi connectivity index (χ3n) is 3.29. The monoisotopic (exact) mass is 342 g/mol. The Morgan fingerprint density at radius 3 is 2.87 bits per heavy atom. The van der Waals surface area contributed by atoms with Crippen LogP contribution in [0.2, 0.25) is 5.02 Å². The molecular weight excluding hydrogens is 332 g/mol. The molecule has 23 heavy (non-hydrogen) atoms. The largest absolute Gasteiger partial charge is 0.497 e. The van der Waals surface area contributed by atoms with Crippen molar-refractivity contribution in [2.24, 2.45) is 0 Å². The minimum absolute atomic E-state index is 0.301. The number of hydrogen-bond donors (Lipinski definition) is 1. The van der Waals surface area contributed by atoms with Gasteiger partial charge in [-0.3, -0.25) is 4.79 Å². The molecule has 2 aromatic carbocycles. The second-order valence-corrected chi connectivity index (χ2v) is 6.18. The Morgan fingerprint density at radius 2 is 2.13 bits per heavy atom. The van der Waals surface area contributed by atoms with Crippen LogP contribution in [0.5, 0.6) is 5.75 Å². The maximum Gasteiger partial charge on any atom is 0.267 e. The summed E-state index contributed by atoms with van der Waals surface area (Å²) in [6.45, 7) is 0. The number of carbonyl (C=O) groups excluding carboxylic acids is 1. The summed E-state index contributed by atoms with van der Waals surface area (Å²) in [6.07, 6.45) is 0. The quantitative estimate of drug-likeness (QED) is 0.751. The summed E-state index contributed by atoms with van der Waals surface area (Å²) in [6, 6.07) is 14.2. The van der Waals surface area contributed by atoms with Crippen LogP contribution in [0, 0.1) is 11.3 Å². The van der Waals surface area contributed by atoms with Crippen LogP contribution in [0.15, 0.2) is 42.5 Å². The minimum Gasteiger partial charge on any atom is -0.497 e. The molecule has 1 amide bonds. The molecule has 0 saturated heterocycles. The summed E-state index contributed by atoms with van der Waals surface area (Å²) in [4.78, 5) is 12.9. The Hall–Kier alpha value is -2.55. The van der Waals surface area contributed by atoms with Crippen molar-refractivity contribution in [2.75, 3.05) is 12.4 Å². The maximum absolute atomic E-state index is 12.5. The highest BCUT2D eigenvalue weighted by molar-refractivity contribution is 7.21. The number of halogens is 1. The first kappa shape index (κ1) is 15.3. The zero-order valence-corrected chi connectivity index (χ0v) is 13.7. The van der Waals surface area contributed by atoms with Gasteiger partial charge in [0.05, 0.1) is 23.8 Å². The van der Waals surface area contributed by atoms with Crippen molar-refractivity contribution in [3.63, 3.8) is 0 Å². The van der Waals surface area contributed by atoms with E-state index in [4.69, 9.17) is 21.6 Å². The first-order valence-corrected chi connectivity index (χ1v) is 7.89. The minimum atomic E-state index is -0.301. The number of hydrogen-bond acceptors (Lipinski definition) is 4. The van der Waals surface area contributed by atoms with E-state index in [1.807, 2.05) is 18.2 Å². The standard InChI is InChI=1S/C17H11ClN2O2S/c1-22-12-5-6-13-14(8-12)23-16(15(13)18)17(21)20-11-4-2-3-10(7-11)9-19/h2-8H,1H3,(H,20,21). The van der Waals surface area contributed by atoms with E-state index in [-0.39, 0.29) is 5.91 Å². The lowest BCUT2D eigenvalue weighted by Gasteiger charge is -2.04. The lowest BCUT2D eigenvalue weighted by atomic mass is 10.2. The van der Waals surface area contributed by atoms with E-state index < -0.39 is 0 Å². The van der Waals surface area contributed by atoms with Gasteiger partial charge in [0.1, 0.15) is 10.6 Å². The number of fused-ring (bicyclic) bond motifs is 1. The van der Waals surface area contributed by atoms with Crippen molar-refractivity contribution in [3.8, 4) is 11.8 Å². The molecule has 0 saturated carbocycles. The van der Waals surface area contributed by atoms with E-state index in [2.05, 4.69) is 5.32 Å². The second kappa shape index (κ2) is 6.29. The first-order chi connectivity index (χ1) is 11.1. The Kier molecular flexibility index (Phi) is 4.20. The van der Waals surface area contributed by atoms with Crippen molar-refractivity contribution in [1.29, 1.82) is 5.26 Å². The van der Waals surface area contributed by atoms with E-state index in [0.717, 1.165) is 10.1 Å².